The predicted molar refractivity (Wildman–Crippen MR) is 69.1 cm³/mol. The molecule has 0 saturated carbocycles. The average Bonchev–Trinajstić information content (AvgIpc) is 2.36. The topological polar surface area (TPSA) is 54.9 Å². The smallest absolute Gasteiger partial charge is 0.251 e. The van der Waals surface area contributed by atoms with Crippen LogP contribution in [0, 0.1) is 19.7 Å². The summed E-state index contributed by atoms with van der Waals surface area (Å²) < 4.78 is 13.0. The Labute approximate surface area is 110 Å². The molecule has 1 N–H and O–H groups in total. The Morgan fingerprint density at radius 2 is 2.11 bits per heavy atom. The minimum absolute atomic E-state index is 0.242. The molecule has 0 bridgehead atoms. The van der Waals surface area contributed by atoms with Crippen LogP contribution in [0.5, 0.6) is 0 Å². The van der Waals surface area contributed by atoms with E-state index in [-0.39, 0.29) is 11.7 Å². The van der Waals surface area contributed by atoms with Gasteiger partial charge in [-0.25, -0.2) is 14.4 Å². The molecule has 0 aliphatic carbocycles. The molecule has 2 rings (SSSR count). The number of carbonyl (C=O) groups is 1. The van der Waals surface area contributed by atoms with Crippen LogP contribution >= 0.6 is 0 Å². The average molecular weight is 259 g/mol. The normalized spacial score (nSPS) is 10.3. The lowest BCUT2D eigenvalue weighted by Crippen LogP contribution is -2.24. The fourth-order valence-electron chi connectivity index (χ4n) is 1.75. The van der Waals surface area contributed by atoms with Gasteiger partial charge in [0, 0.05) is 11.8 Å². The van der Waals surface area contributed by atoms with Gasteiger partial charge in [-0.3, -0.25) is 4.79 Å². The first-order valence-electron chi connectivity index (χ1n) is 5.89. The minimum Gasteiger partial charge on any atom is -0.346 e. The highest BCUT2D eigenvalue weighted by atomic mass is 19.1. The number of nitrogens with one attached hydrogen (secondary N) is 1. The summed E-state index contributed by atoms with van der Waals surface area (Å²) in [5, 5.41) is 2.75. The summed E-state index contributed by atoms with van der Waals surface area (Å²) in [6.07, 6.45) is 1.65. The molecule has 4 nitrogen and oxygen atoms in total. The second kappa shape index (κ2) is 5.56. The Hall–Kier alpha value is -2.30. The molecule has 0 radical (unpaired) electrons. The van der Waals surface area contributed by atoms with Crippen molar-refractivity contribution in [3.63, 3.8) is 0 Å². The van der Waals surface area contributed by atoms with Crippen LogP contribution in [0.4, 0.5) is 4.39 Å². The van der Waals surface area contributed by atoms with E-state index in [1.807, 2.05) is 0 Å². The third kappa shape index (κ3) is 3.34. The first-order valence-corrected chi connectivity index (χ1v) is 5.89. The lowest BCUT2D eigenvalue weighted by Gasteiger charge is -2.07. The van der Waals surface area contributed by atoms with Crippen LogP contribution in [0.2, 0.25) is 0 Å². The fraction of sp³-hybridized carbons (Fsp3) is 0.214. The summed E-state index contributed by atoms with van der Waals surface area (Å²) in [5.74, 6) is 0.0685. The van der Waals surface area contributed by atoms with Crippen molar-refractivity contribution in [2.75, 3.05) is 0 Å². The van der Waals surface area contributed by atoms with Crippen molar-refractivity contribution in [2.24, 2.45) is 0 Å². The Bertz CT molecular complexity index is 613. The van der Waals surface area contributed by atoms with E-state index in [1.165, 1.54) is 18.2 Å². The maximum absolute atomic E-state index is 13.0. The van der Waals surface area contributed by atoms with Gasteiger partial charge in [-0.05, 0) is 43.7 Å². The molecule has 0 aliphatic rings. The number of carbonyl (C=O) groups excluding carboxylic acids is 1. The summed E-state index contributed by atoms with van der Waals surface area (Å²) >= 11 is 0. The monoisotopic (exact) mass is 259 g/mol. The molecule has 2 aromatic rings. The largest absolute Gasteiger partial charge is 0.346 e. The summed E-state index contributed by atoms with van der Waals surface area (Å²) in [6, 6.07) is 5.83. The molecule has 5 heteroatoms. The van der Waals surface area contributed by atoms with E-state index < -0.39 is 0 Å². The van der Waals surface area contributed by atoms with Crippen molar-refractivity contribution in [3.05, 3.63) is 58.9 Å². The van der Waals surface area contributed by atoms with Gasteiger partial charge in [0.1, 0.15) is 11.6 Å². The Balaban J connectivity index is 2.05. The van der Waals surface area contributed by atoms with Gasteiger partial charge in [0.05, 0.1) is 12.2 Å². The molecule has 19 heavy (non-hydrogen) atoms. The van der Waals surface area contributed by atoms with Crippen molar-refractivity contribution in [2.45, 2.75) is 20.4 Å². The molecule has 0 atom stereocenters. The lowest BCUT2D eigenvalue weighted by molar-refractivity contribution is 0.0949. The molecule has 1 heterocycles. The highest BCUT2D eigenvalue weighted by Gasteiger charge is 2.09. The molecule has 98 valence electrons. The molecule has 0 fully saturated rings. The minimum atomic E-state index is -0.347. The third-order valence-electron chi connectivity index (χ3n) is 2.70. The van der Waals surface area contributed by atoms with Crippen LogP contribution in [0.15, 0.2) is 30.5 Å². The van der Waals surface area contributed by atoms with Crippen molar-refractivity contribution >= 4 is 5.91 Å². The maximum atomic E-state index is 13.0. The van der Waals surface area contributed by atoms with Crippen molar-refractivity contribution in [1.29, 1.82) is 0 Å². The molecule has 1 amide bonds. The second-order valence-corrected chi connectivity index (χ2v) is 4.24. The highest BCUT2D eigenvalue weighted by Crippen LogP contribution is 2.10. The third-order valence-corrected chi connectivity index (χ3v) is 2.70. The van der Waals surface area contributed by atoms with Gasteiger partial charge in [0.25, 0.3) is 5.91 Å². The van der Waals surface area contributed by atoms with E-state index in [0.717, 1.165) is 5.69 Å². The highest BCUT2D eigenvalue weighted by molar-refractivity contribution is 5.95. The molecule has 1 aromatic carbocycles. The number of hydrogen-bond acceptors (Lipinski definition) is 3. The Morgan fingerprint density at radius 1 is 1.32 bits per heavy atom. The van der Waals surface area contributed by atoms with Gasteiger partial charge >= 0.3 is 0 Å². The second-order valence-electron chi connectivity index (χ2n) is 4.24. The molecular weight excluding hydrogens is 245 g/mol. The zero-order valence-electron chi connectivity index (χ0n) is 10.8. The number of amides is 1. The van der Waals surface area contributed by atoms with Crippen LogP contribution in [0.1, 0.15) is 27.4 Å². The van der Waals surface area contributed by atoms with Crippen LogP contribution in [0.3, 0.4) is 0 Å². The lowest BCUT2D eigenvalue weighted by atomic mass is 10.1. The molecular formula is C14H14FN3O. The van der Waals surface area contributed by atoms with Gasteiger partial charge in [-0.1, -0.05) is 0 Å². The maximum Gasteiger partial charge on any atom is 0.251 e. The van der Waals surface area contributed by atoms with Crippen LogP contribution < -0.4 is 5.32 Å². The number of aryl methyl sites for hydroxylation is 2. The van der Waals surface area contributed by atoms with Crippen molar-refractivity contribution in [1.82, 2.24) is 15.3 Å². The van der Waals surface area contributed by atoms with Gasteiger partial charge in [-0.2, -0.15) is 0 Å². The predicted octanol–water partition coefficient (Wildman–Crippen LogP) is 2.16. The SMILES string of the molecule is Cc1nccc(CNC(=O)c2ccc(F)cc2C)n1. The first kappa shape index (κ1) is 13.1. The van der Waals surface area contributed by atoms with E-state index in [0.29, 0.717) is 23.5 Å². The first-order chi connectivity index (χ1) is 9.06. The number of benzene rings is 1. The van der Waals surface area contributed by atoms with Gasteiger partial charge in [0.2, 0.25) is 0 Å². The van der Waals surface area contributed by atoms with Gasteiger partial charge in [0.15, 0.2) is 0 Å². The van der Waals surface area contributed by atoms with Crippen LogP contribution in [-0.4, -0.2) is 15.9 Å². The van der Waals surface area contributed by atoms with Crippen LogP contribution in [0.25, 0.3) is 0 Å². The summed E-state index contributed by atoms with van der Waals surface area (Å²) in [7, 11) is 0. The molecule has 0 unspecified atom stereocenters. The standard InChI is InChI=1S/C14H14FN3O/c1-9-7-11(15)3-4-13(9)14(19)17-8-12-5-6-16-10(2)18-12/h3-7H,8H2,1-2H3,(H,17,19). The fourth-order valence-corrected chi connectivity index (χ4v) is 1.75. The van der Waals surface area contributed by atoms with Gasteiger partial charge in [-0.15, -0.1) is 0 Å². The molecule has 0 saturated heterocycles. The molecule has 0 aliphatic heterocycles. The van der Waals surface area contributed by atoms with Gasteiger partial charge < -0.3 is 5.32 Å². The number of halogens is 1. The zero-order valence-corrected chi connectivity index (χ0v) is 10.8. The van der Waals surface area contributed by atoms with Crippen molar-refractivity contribution < 1.29 is 9.18 Å². The van der Waals surface area contributed by atoms with E-state index in [4.69, 9.17) is 0 Å². The van der Waals surface area contributed by atoms with E-state index in [9.17, 15) is 9.18 Å². The number of nitrogens with zero attached hydrogens (tertiary/aromatic N) is 2. The number of rotatable bonds is 3. The summed E-state index contributed by atoms with van der Waals surface area (Å²) in [5.41, 5.74) is 1.81. The summed E-state index contributed by atoms with van der Waals surface area (Å²) in [6.45, 7) is 3.81. The quantitative estimate of drug-likeness (QED) is 0.919. The zero-order chi connectivity index (χ0) is 13.8. The number of hydrogen-bond donors (Lipinski definition) is 1. The molecule has 0 spiro atoms. The molecule has 1 aromatic heterocycles. The summed E-state index contributed by atoms with van der Waals surface area (Å²) in [4.78, 5) is 20.1. The number of aromatic nitrogens is 2. The Morgan fingerprint density at radius 3 is 2.79 bits per heavy atom. The van der Waals surface area contributed by atoms with Crippen molar-refractivity contribution in [3.8, 4) is 0 Å². The Kier molecular flexibility index (Phi) is 3.85. The van der Waals surface area contributed by atoms with Crippen LogP contribution in [-0.2, 0) is 6.54 Å². The van der Waals surface area contributed by atoms with E-state index in [1.54, 1.807) is 26.1 Å². The van der Waals surface area contributed by atoms with E-state index in [2.05, 4.69) is 15.3 Å². The van der Waals surface area contributed by atoms with E-state index >= 15 is 0 Å².